The Balaban J connectivity index is 3.29. The highest BCUT2D eigenvalue weighted by Crippen LogP contribution is 2.36. The van der Waals surface area contributed by atoms with E-state index in [-0.39, 0.29) is 6.07 Å². The quantitative estimate of drug-likeness (QED) is 0.846. The van der Waals surface area contributed by atoms with Crippen LogP contribution in [0.4, 0.5) is 36.4 Å². The third kappa shape index (κ3) is 3.37. The molecule has 1 aromatic rings. The minimum atomic E-state index is -5.21. The van der Waals surface area contributed by atoms with Gasteiger partial charge in [-0.1, -0.05) is 0 Å². The van der Waals surface area contributed by atoms with Crippen molar-refractivity contribution in [1.82, 2.24) is 4.98 Å². The van der Waals surface area contributed by atoms with Crippen molar-refractivity contribution in [3.8, 4) is 5.75 Å². The van der Waals surface area contributed by atoms with Gasteiger partial charge in [0.2, 0.25) is 0 Å². The molecule has 0 spiro atoms. The Morgan fingerprint density at radius 3 is 2.11 bits per heavy atom. The van der Waals surface area contributed by atoms with Crippen molar-refractivity contribution in [2.75, 3.05) is 5.73 Å². The summed E-state index contributed by atoms with van der Waals surface area (Å²) in [7, 11) is 0. The normalized spacial score (nSPS) is 12.6. The molecule has 0 unspecified atom stereocenters. The Bertz CT molecular complexity index is 440. The van der Waals surface area contributed by atoms with Crippen LogP contribution in [0.5, 0.6) is 5.75 Å². The molecular weight excluding hydrogens is 273 g/mol. The van der Waals surface area contributed by atoms with E-state index in [0.717, 1.165) is 0 Å². The molecule has 0 saturated carbocycles. The second-order valence-corrected chi connectivity index (χ2v) is 3.05. The lowest BCUT2D eigenvalue weighted by molar-refractivity contribution is -0.274. The number of ether oxygens (including phenoxy) is 1. The number of alkyl halides is 7. The average Bonchev–Trinajstić information content (AvgIpc) is 2.17. The number of halogens is 7. The van der Waals surface area contributed by atoms with Gasteiger partial charge in [-0.2, -0.15) is 13.2 Å². The number of pyridine rings is 1. The molecular formula is C8H5F7N2O. The summed E-state index contributed by atoms with van der Waals surface area (Å²) in [6, 6.07) is 0.139. The molecule has 18 heavy (non-hydrogen) atoms. The van der Waals surface area contributed by atoms with Crippen LogP contribution in [0, 0.1) is 0 Å². The van der Waals surface area contributed by atoms with E-state index in [1.807, 2.05) is 0 Å². The third-order valence-corrected chi connectivity index (χ3v) is 1.71. The molecule has 0 fully saturated rings. The number of nitrogen functional groups attached to an aromatic ring is 1. The number of nitrogens with zero attached hydrogens (tertiary/aromatic N) is 1. The predicted molar refractivity (Wildman–Crippen MR) is 45.1 cm³/mol. The number of anilines is 1. The summed E-state index contributed by atoms with van der Waals surface area (Å²) in [5.41, 5.74) is 1.21. The Morgan fingerprint density at radius 2 is 1.72 bits per heavy atom. The van der Waals surface area contributed by atoms with Crippen molar-refractivity contribution in [3.05, 3.63) is 17.5 Å². The lowest BCUT2D eigenvalue weighted by atomic mass is 10.2. The van der Waals surface area contributed by atoms with Crippen LogP contribution in [0.1, 0.15) is 11.4 Å². The minimum Gasteiger partial charge on any atom is -0.402 e. The molecule has 0 amide bonds. The van der Waals surface area contributed by atoms with Gasteiger partial charge in [0.25, 0.3) is 0 Å². The second-order valence-electron chi connectivity index (χ2n) is 3.05. The highest BCUT2D eigenvalue weighted by Gasteiger charge is 2.37. The van der Waals surface area contributed by atoms with Crippen LogP contribution in [-0.2, 0) is 12.9 Å². The molecule has 1 heterocycles. The van der Waals surface area contributed by atoms with Crippen LogP contribution in [0.15, 0.2) is 6.07 Å². The maximum Gasteiger partial charge on any atom is 0.573 e. The highest BCUT2D eigenvalue weighted by atomic mass is 19.4. The fourth-order valence-electron chi connectivity index (χ4n) is 1.08. The van der Waals surface area contributed by atoms with Gasteiger partial charge in [-0.15, -0.1) is 13.2 Å². The molecule has 0 aliphatic carbocycles. The molecule has 1 rings (SSSR count). The van der Waals surface area contributed by atoms with Crippen molar-refractivity contribution >= 4 is 5.69 Å². The largest absolute Gasteiger partial charge is 0.573 e. The molecule has 0 aromatic carbocycles. The van der Waals surface area contributed by atoms with Crippen LogP contribution in [0.25, 0.3) is 0 Å². The van der Waals surface area contributed by atoms with Crippen molar-refractivity contribution in [2.24, 2.45) is 0 Å². The zero-order valence-corrected chi connectivity index (χ0v) is 8.36. The minimum absolute atomic E-state index is 0.139. The molecule has 0 aliphatic heterocycles. The van der Waals surface area contributed by atoms with Gasteiger partial charge in [-0.25, -0.2) is 9.37 Å². The number of hydrogen-bond donors (Lipinski definition) is 1. The lowest BCUT2D eigenvalue weighted by Crippen LogP contribution is -2.20. The van der Waals surface area contributed by atoms with Crippen LogP contribution < -0.4 is 10.5 Å². The molecule has 1 aromatic heterocycles. The monoisotopic (exact) mass is 278 g/mol. The first kappa shape index (κ1) is 14.3. The molecule has 102 valence electrons. The summed E-state index contributed by atoms with van der Waals surface area (Å²) in [6.45, 7) is -1.68. The number of hydrogen-bond acceptors (Lipinski definition) is 3. The molecule has 0 aliphatic rings. The smallest absolute Gasteiger partial charge is 0.402 e. The van der Waals surface area contributed by atoms with E-state index in [2.05, 4.69) is 9.72 Å². The van der Waals surface area contributed by atoms with Crippen LogP contribution >= 0.6 is 0 Å². The van der Waals surface area contributed by atoms with Gasteiger partial charge in [0, 0.05) is 0 Å². The van der Waals surface area contributed by atoms with E-state index in [9.17, 15) is 30.7 Å². The first-order valence-electron chi connectivity index (χ1n) is 4.23. The van der Waals surface area contributed by atoms with Crippen LogP contribution in [0.2, 0.25) is 0 Å². The standard InChI is InChI=1S/C8H5F7N2O/c9-2-4-6(18-8(13,14)15)3(16)1-5(17-4)7(10,11)12/h1H,2H2,(H2,16,17). The number of rotatable bonds is 2. The Kier molecular flexibility index (Phi) is 3.58. The second kappa shape index (κ2) is 4.50. The molecule has 10 heteroatoms. The average molecular weight is 278 g/mol. The van der Waals surface area contributed by atoms with Gasteiger partial charge in [0.1, 0.15) is 18.1 Å². The summed E-state index contributed by atoms with van der Waals surface area (Å²) in [5, 5.41) is 0. The van der Waals surface area contributed by atoms with E-state index in [1.165, 1.54) is 0 Å². The zero-order chi connectivity index (χ0) is 14.1. The summed E-state index contributed by atoms with van der Waals surface area (Å²) in [5.74, 6) is -1.27. The van der Waals surface area contributed by atoms with Crippen molar-refractivity contribution in [2.45, 2.75) is 19.2 Å². The van der Waals surface area contributed by atoms with Crippen LogP contribution in [-0.4, -0.2) is 11.3 Å². The molecule has 0 bridgehead atoms. The Labute approximate surface area is 95.4 Å². The van der Waals surface area contributed by atoms with Gasteiger partial charge in [0.05, 0.1) is 5.69 Å². The van der Waals surface area contributed by atoms with Crippen molar-refractivity contribution in [3.63, 3.8) is 0 Å². The van der Waals surface area contributed by atoms with Gasteiger partial charge < -0.3 is 10.5 Å². The summed E-state index contributed by atoms with van der Waals surface area (Å²) in [6.07, 6.45) is -10.2. The first-order chi connectivity index (χ1) is 8.04. The van der Waals surface area contributed by atoms with E-state index in [4.69, 9.17) is 5.73 Å². The molecule has 0 atom stereocenters. The van der Waals surface area contributed by atoms with E-state index in [1.54, 1.807) is 0 Å². The van der Waals surface area contributed by atoms with Gasteiger partial charge in [0.15, 0.2) is 5.75 Å². The number of nitrogens with two attached hydrogens (primary N) is 1. The lowest BCUT2D eigenvalue weighted by Gasteiger charge is -2.15. The SMILES string of the molecule is Nc1cc(C(F)(F)F)nc(CF)c1OC(F)(F)F. The number of aromatic nitrogens is 1. The van der Waals surface area contributed by atoms with Crippen molar-refractivity contribution < 1.29 is 35.5 Å². The molecule has 0 radical (unpaired) electrons. The Morgan fingerprint density at radius 1 is 1.17 bits per heavy atom. The van der Waals surface area contributed by atoms with Gasteiger partial charge in [-0.05, 0) is 6.07 Å². The van der Waals surface area contributed by atoms with E-state index < -0.39 is 42.0 Å². The summed E-state index contributed by atoms with van der Waals surface area (Å²) < 4.78 is 88.2. The summed E-state index contributed by atoms with van der Waals surface area (Å²) in [4.78, 5) is 2.70. The molecule has 2 N–H and O–H groups in total. The van der Waals surface area contributed by atoms with Gasteiger partial charge >= 0.3 is 12.5 Å². The highest BCUT2D eigenvalue weighted by molar-refractivity contribution is 5.56. The summed E-state index contributed by atoms with van der Waals surface area (Å²) >= 11 is 0. The third-order valence-electron chi connectivity index (χ3n) is 1.71. The maximum absolute atomic E-state index is 12.4. The van der Waals surface area contributed by atoms with Crippen molar-refractivity contribution in [1.29, 1.82) is 0 Å². The van der Waals surface area contributed by atoms with Crippen LogP contribution in [0.3, 0.4) is 0 Å². The topological polar surface area (TPSA) is 48.1 Å². The maximum atomic E-state index is 12.4. The molecule has 3 nitrogen and oxygen atoms in total. The van der Waals surface area contributed by atoms with E-state index >= 15 is 0 Å². The van der Waals surface area contributed by atoms with Gasteiger partial charge in [-0.3, -0.25) is 0 Å². The fourth-order valence-corrected chi connectivity index (χ4v) is 1.08. The molecule has 0 saturated heterocycles. The fraction of sp³-hybridized carbons (Fsp3) is 0.375. The predicted octanol–water partition coefficient (Wildman–Crippen LogP) is 3.05. The first-order valence-corrected chi connectivity index (χ1v) is 4.23. The van der Waals surface area contributed by atoms with E-state index in [0.29, 0.717) is 0 Å². The Hall–Kier alpha value is -1.74. The zero-order valence-electron chi connectivity index (χ0n) is 8.36.